The third kappa shape index (κ3) is 4.89. The van der Waals surface area contributed by atoms with Crippen LogP contribution in [0.3, 0.4) is 0 Å². The Hall–Kier alpha value is -2.87. The van der Waals surface area contributed by atoms with E-state index in [4.69, 9.17) is 4.42 Å². The van der Waals surface area contributed by atoms with Crippen LogP contribution in [0, 0.1) is 12.7 Å². The van der Waals surface area contributed by atoms with E-state index in [0.29, 0.717) is 30.5 Å². The zero-order chi connectivity index (χ0) is 19.9. The Labute approximate surface area is 166 Å². The zero-order valence-corrected chi connectivity index (χ0v) is 16.3. The summed E-state index contributed by atoms with van der Waals surface area (Å²) in [6.07, 6.45) is 4.02. The van der Waals surface area contributed by atoms with Crippen LogP contribution in [-0.2, 0) is 17.8 Å². The van der Waals surface area contributed by atoms with Crippen LogP contribution in [0.25, 0.3) is 11.4 Å². The first kappa shape index (κ1) is 19.9. The molecule has 0 radical (unpaired) electrons. The highest BCUT2D eigenvalue weighted by atomic mass is 32.2. The zero-order valence-electron chi connectivity index (χ0n) is 15.5. The van der Waals surface area contributed by atoms with Crippen molar-refractivity contribution < 1.29 is 13.6 Å². The van der Waals surface area contributed by atoms with E-state index in [9.17, 15) is 9.18 Å². The van der Waals surface area contributed by atoms with Crippen LogP contribution in [0.4, 0.5) is 4.39 Å². The molecule has 3 aromatic rings. The Bertz CT molecular complexity index is 950. The molecule has 6 nitrogen and oxygen atoms in total. The second-order valence-electron chi connectivity index (χ2n) is 6.11. The molecule has 0 saturated heterocycles. The van der Waals surface area contributed by atoms with E-state index in [1.807, 2.05) is 17.6 Å². The molecular weight excluding hydrogens is 379 g/mol. The van der Waals surface area contributed by atoms with E-state index < -0.39 is 0 Å². The van der Waals surface area contributed by atoms with Crippen molar-refractivity contribution in [3.63, 3.8) is 0 Å². The second kappa shape index (κ2) is 9.36. The van der Waals surface area contributed by atoms with Gasteiger partial charge in [-0.15, -0.1) is 16.8 Å². The van der Waals surface area contributed by atoms with E-state index in [0.717, 1.165) is 16.9 Å². The molecule has 8 heteroatoms. The van der Waals surface area contributed by atoms with Crippen LogP contribution < -0.4 is 5.32 Å². The summed E-state index contributed by atoms with van der Waals surface area (Å²) < 4.78 is 20.2. The number of carbonyl (C=O) groups is 1. The van der Waals surface area contributed by atoms with Crippen molar-refractivity contribution in [2.75, 3.05) is 12.3 Å². The number of furan rings is 1. The predicted octanol–water partition coefficient (Wildman–Crippen LogP) is 3.62. The number of nitrogens with zero attached hydrogens (tertiary/aromatic N) is 3. The smallest absolute Gasteiger partial charge is 0.230 e. The number of rotatable bonds is 9. The molecule has 0 spiro atoms. The van der Waals surface area contributed by atoms with Crippen molar-refractivity contribution in [3.05, 3.63) is 66.4 Å². The van der Waals surface area contributed by atoms with E-state index >= 15 is 0 Å². The maximum absolute atomic E-state index is 12.9. The first-order valence-corrected chi connectivity index (χ1v) is 9.79. The van der Waals surface area contributed by atoms with Gasteiger partial charge in [-0.1, -0.05) is 30.0 Å². The third-order valence-corrected chi connectivity index (χ3v) is 5.08. The van der Waals surface area contributed by atoms with Crippen molar-refractivity contribution in [2.24, 2.45) is 0 Å². The van der Waals surface area contributed by atoms with Crippen LogP contribution in [0.2, 0.25) is 0 Å². The SMILES string of the molecule is C=CCn1c(SCC(=O)NCCc2ccc(F)cc2)nnc1-c1ccoc1C. The number of amides is 1. The fourth-order valence-corrected chi connectivity index (χ4v) is 3.46. The number of allylic oxidation sites excluding steroid dienone is 1. The average molecular weight is 400 g/mol. The monoisotopic (exact) mass is 400 g/mol. The molecule has 0 fully saturated rings. The van der Waals surface area contributed by atoms with E-state index in [1.165, 1.54) is 23.9 Å². The quantitative estimate of drug-likeness (QED) is 0.439. The van der Waals surface area contributed by atoms with Crippen LogP contribution >= 0.6 is 11.8 Å². The molecule has 1 N–H and O–H groups in total. The Balaban J connectivity index is 1.55. The van der Waals surface area contributed by atoms with Crippen LogP contribution in [0.5, 0.6) is 0 Å². The van der Waals surface area contributed by atoms with Gasteiger partial charge in [0.25, 0.3) is 0 Å². The Morgan fingerprint density at radius 2 is 2.11 bits per heavy atom. The first-order chi connectivity index (χ1) is 13.6. The van der Waals surface area contributed by atoms with Gasteiger partial charge < -0.3 is 9.73 Å². The van der Waals surface area contributed by atoms with Gasteiger partial charge >= 0.3 is 0 Å². The minimum Gasteiger partial charge on any atom is -0.469 e. The molecule has 0 bridgehead atoms. The Morgan fingerprint density at radius 3 is 2.79 bits per heavy atom. The molecule has 0 atom stereocenters. The summed E-state index contributed by atoms with van der Waals surface area (Å²) in [7, 11) is 0. The number of benzene rings is 1. The maximum Gasteiger partial charge on any atom is 0.230 e. The van der Waals surface area contributed by atoms with Crippen molar-refractivity contribution in [1.29, 1.82) is 0 Å². The lowest BCUT2D eigenvalue weighted by Gasteiger charge is -2.08. The van der Waals surface area contributed by atoms with Gasteiger partial charge in [0, 0.05) is 13.1 Å². The van der Waals surface area contributed by atoms with Gasteiger partial charge in [0.05, 0.1) is 17.6 Å². The van der Waals surface area contributed by atoms with Crippen LogP contribution in [0.1, 0.15) is 11.3 Å². The largest absolute Gasteiger partial charge is 0.469 e. The number of aromatic nitrogens is 3. The first-order valence-electron chi connectivity index (χ1n) is 8.81. The van der Waals surface area contributed by atoms with Gasteiger partial charge in [0.15, 0.2) is 11.0 Å². The molecule has 2 aromatic heterocycles. The number of hydrogen-bond acceptors (Lipinski definition) is 5. The van der Waals surface area contributed by atoms with Crippen LogP contribution in [0.15, 0.2) is 58.8 Å². The third-order valence-electron chi connectivity index (χ3n) is 4.11. The molecule has 0 saturated carbocycles. The molecule has 0 aliphatic heterocycles. The van der Waals surface area contributed by atoms with Gasteiger partial charge in [-0.05, 0) is 37.1 Å². The molecular formula is C20H21FN4O2S. The van der Waals surface area contributed by atoms with Gasteiger partial charge in [0.2, 0.25) is 5.91 Å². The maximum atomic E-state index is 12.9. The molecule has 2 heterocycles. The fourth-order valence-electron chi connectivity index (χ4n) is 2.68. The number of thioether (sulfide) groups is 1. The lowest BCUT2D eigenvalue weighted by atomic mass is 10.1. The van der Waals surface area contributed by atoms with E-state index in [2.05, 4.69) is 22.1 Å². The summed E-state index contributed by atoms with van der Waals surface area (Å²) in [5, 5.41) is 12.0. The highest BCUT2D eigenvalue weighted by Crippen LogP contribution is 2.27. The van der Waals surface area contributed by atoms with Gasteiger partial charge in [-0.25, -0.2) is 4.39 Å². The molecule has 3 rings (SSSR count). The van der Waals surface area contributed by atoms with Gasteiger partial charge in [-0.3, -0.25) is 9.36 Å². The molecule has 146 valence electrons. The molecule has 1 aromatic carbocycles. The van der Waals surface area contributed by atoms with Gasteiger partial charge in [-0.2, -0.15) is 0 Å². The normalized spacial score (nSPS) is 10.8. The number of hydrogen-bond donors (Lipinski definition) is 1. The minimum atomic E-state index is -0.266. The highest BCUT2D eigenvalue weighted by molar-refractivity contribution is 7.99. The second-order valence-corrected chi connectivity index (χ2v) is 7.05. The Morgan fingerprint density at radius 1 is 1.32 bits per heavy atom. The summed E-state index contributed by atoms with van der Waals surface area (Å²) in [6, 6.07) is 8.10. The molecule has 0 unspecified atom stereocenters. The summed E-state index contributed by atoms with van der Waals surface area (Å²) in [5.74, 6) is 1.31. The topological polar surface area (TPSA) is 73.0 Å². The van der Waals surface area contributed by atoms with Gasteiger partial charge in [0.1, 0.15) is 11.6 Å². The summed E-state index contributed by atoms with van der Waals surface area (Å²) in [5.41, 5.74) is 1.84. The number of halogens is 1. The molecule has 28 heavy (non-hydrogen) atoms. The summed E-state index contributed by atoms with van der Waals surface area (Å²) in [6.45, 7) is 6.66. The van der Waals surface area contributed by atoms with Crippen molar-refractivity contribution >= 4 is 17.7 Å². The summed E-state index contributed by atoms with van der Waals surface area (Å²) >= 11 is 1.32. The number of carbonyl (C=O) groups excluding carboxylic acids is 1. The van der Waals surface area contributed by atoms with Crippen molar-refractivity contribution in [2.45, 2.75) is 25.0 Å². The molecule has 0 aliphatic rings. The van der Waals surface area contributed by atoms with Crippen molar-refractivity contribution in [1.82, 2.24) is 20.1 Å². The summed E-state index contributed by atoms with van der Waals surface area (Å²) in [4.78, 5) is 12.1. The number of nitrogens with one attached hydrogen (secondary N) is 1. The fraction of sp³-hybridized carbons (Fsp3) is 0.250. The standard InChI is InChI=1S/C20H21FN4O2S/c1-3-11-25-19(17-9-12-27-14(17)2)23-24-20(25)28-13-18(26)22-10-8-15-4-6-16(21)7-5-15/h3-7,9,12H,1,8,10-11,13H2,2H3,(H,22,26). The minimum absolute atomic E-state index is 0.0960. The predicted molar refractivity (Wildman–Crippen MR) is 106 cm³/mol. The lowest BCUT2D eigenvalue weighted by Crippen LogP contribution is -2.27. The average Bonchev–Trinajstić information content (AvgIpc) is 3.28. The van der Waals surface area contributed by atoms with Crippen LogP contribution in [-0.4, -0.2) is 33.0 Å². The molecule has 0 aliphatic carbocycles. The van der Waals surface area contributed by atoms with E-state index in [1.54, 1.807) is 24.5 Å². The van der Waals surface area contributed by atoms with E-state index in [-0.39, 0.29) is 17.5 Å². The van der Waals surface area contributed by atoms with Crippen molar-refractivity contribution in [3.8, 4) is 11.4 Å². The molecule has 1 amide bonds. The number of aryl methyl sites for hydroxylation is 1. The lowest BCUT2D eigenvalue weighted by molar-refractivity contribution is -0.118. The highest BCUT2D eigenvalue weighted by Gasteiger charge is 2.17. The Kier molecular flexibility index (Phi) is 6.65.